The summed E-state index contributed by atoms with van der Waals surface area (Å²) in [6.07, 6.45) is 1.57. The molecule has 5 heteroatoms. The maximum atomic E-state index is 12.1. The fraction of sp³-hybridized carbons (Fsp3) is 0.0769. The van der Waals surface area contributed by atoms with Crippen LogP contribution in [0.1, 0.15) is 11.1 Å². The van der Waals surface area contributed by atoms with Gasteiger partial charge < -0.3 is 9.47 Å². The zero-order valence-electron chi connectivity index (χ0n) is 16.9. The Morgan fingerprint density at radius 2 is 1.61 bits per heavy atom. The third-order valence-electron chi connectivity index (χ3n) is 4.62. The third kappa shape index (κ3) is 5.70. The van der Waals surface area contributed by atoms with Gasteiger partial charge in [0.25, 0.3) is 5.91 Å². The SMILES string of the molecule is O=C(COc1cccc2ccccc12)N/N=C\c1cccc(OCc2ccccc2)c1. The van der Waals surface area contributed by atoms with Crippen LogP contribution in [0.2, 0.25) is 0 Å². The number of carbonyl (C=O) groups excluding carboxylic acids is 1. The van der Waals surface area contributed by atoms with Crippen LogP contribution >= 0.6 is 0 Å². The van der Waals surface area contributed by atoms with E-state index >= 15 is 0 Å². The van der Waals surface area contributed by atoms with E-state index in [2.05, 4.69) is 10.5 Å². The molecule has 0 atom stereocenters. The minimum Gasteiger partial charge on any atom is -0.489 e. The summed E-state index contributed by atoms with van der Waals surface area (Å²) in [5, 5.41) is 6.04. The van der Waals surface area contributed by atoms with Crippen molar-refractivity contribution < 1.29 is 14.3 Å². The van der Waals surface area contributed by atoms with Crippen molar-refractivity contribution in [3.8, 4) is 11.5 Å². The van der Waals surface area contributed by atoms with Gasteiger partial charge in [-0.1, -0.05) is 78.9 Å². The molecule has 0 unspecified atom stereocenters. The number of hydrogen-bond acceptors (Lipinski definition) is 4. The first-order chi connectivity index (χ1) is 15.3. The van der Waals surface area contributed by atoms with E-state index in [1.54, 1.807) is 6.21 Å². The highest BCUT2D eigenvalue weighted by atomic mass is 16.5. The number of rotatable bonds is 8. The Balaban J connectivity index is 1.28. The van der Waals surface area contributed by atoms with Gasteiger partial charge in [0, 0.05) is 5.39 Å². The molecule has 154 valence electrons. The third-order valence-corrected chi connectivity index (χ3v) is 4.62. The van der Waals surface area contributed by atoms with Gasteiger partial charge in [0.2, 0.25) is 0 Å². The Morgan fingerprint density at radius 1 is 0.839 bits per heavy atom. The first kappa shape index (κ1) is 20.2. The van der Waals surface area contributed by atoms with Crippen LogP contribution < -0.4 is 14.9 Å². The van der Waals surface area contributed by atoms with Gasteiger partial charge in [-0.25, -0.2) is 5.43 Å². The van der Waals surface area contributed by atoms with Crippen LogP contribution in [0.3, 0.4) is 0 Å². The van der Waals surface area contributed by atoms with Crippen LogP contribution in [0.15, 0.2) is 102 Å². The van der Waals surface area contributed by atoms with Gasteiger partial charge in [-0.05, 0) is 34.7 Å². The summed E-state index contributed by atoms with van der Waals surface area (Å²) in [5.41, 5.74) is 4.41. The van der Waals surface area contributed by atoms with Crippen LogP contribution in [0.25, 0.3) is 10.8 Å². The van der Waals surface area contributed by atoms with Gasteiger partial charge in [0.15, 0.2) is 6.61 Å². The van der Waals surface area contributed by atoms with Gasteiger partial charge >= 0.3 is 0 Å². The lowest BCUT2D eigenvalue weighted by Crippen LogP contribution is -2.24. The molecule has 0 saturated heterocycles. The summed E-state index contributed by atoms with van der Waals surface area (Å²) in [6, 6.07) is 31.1. The molecule has 0 heterocycles. The number of nitrogens with one attached hydrogen (secondary N) is 1. The second kappa shape index (κ2) is 10.1. The molecule has 1 N–H and O–H groups in total. The van der Waals surface area contributed by atoms with Crippen molar-refractivity contribution in [1.82, 2.24) is 5.43 Å². The van der Waals surface area contributed by atoms with E-state index < -0.39 is 0 Å². The molecule has 31 heavy (non-hydrogen) atoms. The van der Waals surface area contributed by atoms with E-state index in [0.717, 1.165) is 27.6 Å². The number of amides is 1. The number of carbonyl (C=O) groups is 1. The largest absolute Gasteiger partial charge is 0.489 e. The first-order valence-corrected chi connectivity index (χ1v) is 9.97. The van der Waals surface area contributed by atoms with E-state index in [9.17, 15) is 4.79 Å². The summed E-state index contributed by atoms with van der Waals surface area (Å²) in [7, 11) is 0. The molecule has 0 aliphatic rings. The van der Waals surface area contributed by atoms with Gasteiger partial charge in [0.1, 0.15) is 18.1 Å². The maximum absolute atomic E-state index is 12.1. The molecule has 0 saturated carbocycles. The standard InChI is InChI=1S/C26H22N2O3/c29-26(19-31-25-15-7-12-22-11-4-5-14-24(22)25)28-27-17-21-10-6-13-23(16-21)30-18-20-8-2-1-3-9-20/h1-17H,18-19H2,(H,28,29)/b27-17-. The number of hydrazone groups is 1. The number of hydrogen-bond donors (Lipinski definition) is 1. The second-order valence-corrected chi connectivity index (χ2v) is 6.91. The summed E-state index contributed by atoms with van der Waals surface area (Å²) < 4.78 is 11.5. The molecule has 0 radical (unpaired) electrons. The molecule has 0 aliphatic carbocycles. The van der Waals surface area contributed by atoms with Crippen LogP contribution in [-0.4, -0.2) is 18.7 Å². The smallest absolute Gasteiger partial charge is 0.277 e. The van der Waals surface area contributed by atoms with Crippen molar-refractivity contribution in [2.75, 3.05) is 6.61 Å². The predicted octanol–water partition coefficient (Wildman–Crippen LogP) is 4.95. The topological polar surface area (TPSA) is 59.9 Å². The van der Waals surface area contributed by atoms with Crippen molar-refractivity contribution in [2.24, 2.45) is 5.10 Å². The molecular formula is C26H22N2O3. The van der Waals surface area contributed by atoms with Crippen LogP contribution in [0.4, 0.5) is 0 Å². The normalized spacial score (nSPS) is 10.8. The van der Waals surface area contributed by atoms with Gasteiger partial charge in [-0.2, -0.15) is 5.10 Å². The molecule has 4 rings (SSSR count). The van der Waals surface area contributed by atoms with E-state index in [-0.39, 0.29) is 12.5 Å². The monoisotopic (exact) mass is 410 g/mol. The quantitative estimate of drug-likeness (QED) is 0.330. The Hall–Kier alpha value is -4.12. The fourth-order valence-corrected chi connectivity index (χ4v) is 3.10. The Kier molecular flexibility index (Phi) is 6.55. The highest BCUT2D eigenvalue weighted by Gasteiger charge is 2.05. The molecular weight excluding hydrogens is 388 g/mol. The van der Waals surface area contributed by atoms with E-state index in [4.69, 9.17) is 9.47 Å². The molecule has 4 aromatic rings. The Bertz CT molecular complexity index is 1180. The summed E-state index contributed by atoms with van der Waals surface area (Å²) in [5.74, 6) is 1.07. The minimum atomic E-state index is -0.333. The first-order valence-electron chi connectivity index (χ1n) is 9.97. The molecule has 5 nitrogen and oxygen atoms in total. The van der Waals surface area contributed by atoms with E-state index in [1.165, 1.54) is 0 Å². The number of benzene rings is 4. The summed E-state index contributed by atoms with van der Waals surface area (Å²) in [6.45, 7) is 0.370. The highest BCUT2D eigenvalue weighted by Crippen LogP contribution is 2.24. The van der Waals surface area contributed by atoms with Crippen molar-refractivity contribution >= 4 is 22.9 Å². The van der Waals surface area contributed by atoms with Crippen LogP contribution in [-0.2, 0) is 11.4 Å². The minimum absolute atomic E-state index is 0.119. The second-order valence-electron chi connectivity index (χ2n) is 6.91. The number of fused-ring (bicyclic) bond motifs is 1. The van der Waals surface area contributed by atoms with Gasteiger partial charge in [0.05, 0.1) is 6.21 Å². The van der Waals surface area contributed by atoms with Crippen molar-refractivity contribution in [3.63, 3.8) is 0 Å². The van der Waals surface area contributed by atoms with Crippen molar-refractivity contribution in [2.45, 2.75) is 6.61 Å². The highest BCUT2D eigenvalue weighted by molar-refractivity contribution is 5.89. The van der Waals surface area contributed by atoms with Crippen LogP contribution in [0, 0.1) is 0 Å². The molecule has 0 bridgehead atoms. The predicted molar refractivity (Wildman–Crippen MR) is 122 cm³/mol. The summed E-state index contributed by atoms with van der Waals surface area (Å²) >= 11 is 0. The fourth-order valence-electron chi connectivity index (χ4n) is 3.10. The average Bonchev–Trinajstić information content (AvgIpc) is 2.82. The molecule has 0 spiro atoms. The lowest BCUT2D eigenvalue weighted by Gasteiger charge is -2.08. The van der Waals surface area contributed by atoms with Crippen molar-refractivity contribution in [1.29, 1.82) is 0 Å². The lowest BCUT2D eigenvalue weighted by molar-refractivity contribution is -0.123. The average molecular weight is 410 g/mol. The molecule has 0 fully saturated rings. The maximum Gasteiger partial charge on any atom is 0.277 e. The zero-order valence-corrected chi connectivity index (χ0v) is 16.9. The van der Waals surface area contributed by atoms with E-state index in [0.29, 0.717) is 12.4 Å². The van der Waals surface area contributed by atoms with Crippen molar-refractivity contribution in [3.05, 3.63) is 108 Å². The molecule has 0 aromatic heterocycles. The number of ether oxygens (including phenoxy) is 2. The van der Waals surface area contributed by atoms with Gasteiger partial charge in [-0.3, -0.25) is 4.79 Å². The van der Waals surface area contributed by atoms with E-state index in [1.807, 2.05) is 97.1 Å². The zero-order chi connectivity index (χ0) is 21.3. The summed E-state index contributed by atoms with van der Waals surface area (Å²) in [4.78, 5) is 12.1. The Labute approximate surface area is 180 Å². The lowest BCUT2D eigenvalue weighted by atomic mass is 10.1. The Morgan fingerprint density at radius 3 is 2.52 bits per heavy atom. The van der Waals surface area contributed by atoms with Gasteiger partial charge in [-0.15, -0.1) is 0 Å². The number of nitrogens with zero attached hydrogens (tertiary/aromatic N) is 1. The molecule has 1 amide bonds. The molecule has 0 aliphatic heterocycles. The van der Waals surface area contributed by atoms with Crippen LogP contribution in [0.5, 0.6) is 11.5 Å². The molecule has 4 aromatic carbocycles.